The Morgan fingerprint density at radius 3 is 2.58 bits per heavy atom. The summed E-state index contributed by atoms with van der Waals surface area (Å²) in [5.41, 5.74) is 1.03. The summed E-state index contributed by atoms with van der Waals surface area (Å²) in [5, 5.41) is 8.42. The van der Waals surface area contributed by atoms with Crippen LogP contribution in [0, 0.1) is 0 Å². The molecular weight excluding hydrogens is 262 g/mol. The molecule has 0 aliphatic carbocycles. The molecule has 1 aliphatic rings. The molecule has 0 bridgehead atoms. The first kappa shape index (κ1) is 14.0. The molecule has 1 heterocycles. The third-order valence-electron chi connectivity index (χ3n) is 3.20. The Bertz CT molecular complexity index is 550. The first-order valence-electron chi connectivity index (χ1n) is 6.51. The zero-order valence-corrected chi connectivity index (χ0v) is 11.7. The second-order valence-corrected chi connectivity index (χ2v) is 6.32. The molecule has 0 aromatic heterocycles. The van der Waals surface area contributed by atoms with Crippen molar-refractivity contribution < 1.29 is 13.4 Å². The average Bonchev–Trinajstić information content (AvgIpc) is 2.64. The second kappa shape index (κ2) is 6.16. The summed E-state index contributed by atoms with van der Waals surface area (Å²) in [4.78, 5) is 3.53. The van der Waals surface area contributed by atoms with Crippen LogP contribution in [0.4, 0.5) is 0 Å². The molecule has 0 radical (unpaired) electrons. The molecule has 0 saturated carbocycles. The van der Waals surface area contributed by atoms with Gasteiger partial charge >= 0.3 is 0 Å². The topological polar surface area (TPSA) is 86.2 Å². The number of nitrogens with one attached hydrogen (secondary N) is 2. The lowest BCUT2D eigenvalue weighted by Gasteiger charge is -2.03. The van der Waals surface area contributed by atoms with Crippen LogP contribution in [-0.4, -0.2) is 20.8 Å². The van der Waals surface area contributed by atoms with E-state index in [2.05, 4.69) is 10.3 Å². The van der Waals surface area contributed by atoms with Crippen molar-refractivity contribution in [3.8, 4) is 0 Å². The maximum absolute atomic E-state index is 11.1. The maximum Gasteiger partial charge on any atom is 0.242 e. The van der Waals surface area contributed by atoms with Gasteiger partial charge in [-0.1, -0.05) is 12.1 Å². The number of amidine groups is 1. The zero-order chi connectivity index (χ0) is 13.7. The van der Waals surface area contributed by atoms with Gasteiger partial charge in [-0.05, 0) is 37.0 Å². The summed E-state index contributed by atoms with van der Waals surface area (Å²) in [6, 6.07) is 6.64. The SMILES string of the molecule is NS(=O)(=O)c1ccc(CNC2=[NH+]CCCCC2)cc1. The number of hydrogen-bond acceptors (Lipinski definition) is 3. The Morgan fingerprint density at radius 1 is 1.16 bits per heavy atom. The lowest BCUT2D eigenvalue weighted by Crippen LogP contribution is -2.75. The summed E-state index contributed by atoms with van der Waals surface area (Å²) in [6.45, 7) is 1.71. The highest BCUT2D eigenvalue weighted by atomic mass is 32.2. The Balaban J connectivity index is 1.94. The number of nitrogens with two attached hydrogens (primary N) is 1. The van der Waals surface area contributed by atoms with E-state index in [4.69, 9.17) is 5.14 Å². The van der Waals surface area contributed by atoms with Crippen LogP contribution in [0.25, 0.3) is 0 Å². The van der Waals surface area contributed by atoms with Crippen LogP contribution >= 0.6 is 0 Å². The van der Waals surface area contributed by atoms with E-state index in [1.165, 1.54) is 37.2 Å². The molecular formula is C13H20N3O2S+. The molecule has 0 fully saturated rings. The predicted octanol–water partition coefficient (Wildman–Crippen LogP) is -0.523. The van der Waals surface area contributed by atoms with Gasteiger partial charge in [0.2, 0.25) is 15.9 Å². The summed E-state index contributed by atoms with van der Waals surface area (Å²) in [6.07, 6.45) is 4.74. The molecule has 1 aromatic rings. The maximum atomic E-state index is 11.1. The van der Waals surface area contributed by atoms with Crippen molar-refractivity contribution in [1.82, 2.24) is 5.32 Å². The van der Waals surface area contributed by atoms with Gasteiger partial charge in [-0.3, -0.25) is 10.3 Å². The van der Waals surface area contributed by atoms with Gasteiger partial charge in [-0.25, -0.2) is 13.6 Å². The molecule has 0 atom stereocenters. The van der Waals surface area contributed by atoms with Crippen molar-refractivity contribution >= 4 is 15.9 Å². The number of primary sulfonamides is 1. The molecule has 0 spiro atoms. The second-order valence-electron chi connectivity index (χ2n) is 4.76. The Hall–Kier alpha value is -1.40. The van der Waals surface area contributed by atoms with Gasteiger partial charge in [0.15, 0.2) is 0 Å². The van der Waals surface area contributed by atoms with Crippen LogP contribution in [0.5, 0.6) is 0 Å². The first-order chi connectivity index (χ1) is 9.05. The van der Waals surface area contributed by atoms with E-state index in [1.54, 1.807) is 12.1 Å². The molecule has 0 saturated heterocycles. The lowest BCUT2D eigenvalue weighted by atomic mass is 10.2. The Labute approximate surface area is 114 Å². The fourth-order valence-corrected chi connectivity index (χ4v) is 2.60. The Morgan fingerprint density at radius 2 is 1.89 bits per heavy atom. The third kappa shape index (κ3) is 4.33. The van der Waals surface area contributed by atoms with Gasteiger partial charge < -0.3 is 0 Å². The van der Waals surface area contributed by atoms with E-state index >= 15 is 0 Å². The first-order valence-corrected chi connectivity index (χ1v) is 8.06. The van der Waals surface area contributed by atoms with Gasteiger partial charge in [0.25, 0.3) is 0 Å². The molecule has 6 heteroatoms. The number of benzene rings is 1. The van der Waals surface area contributed by atoms with Crippen molar-refractivity contribution in [3.05, 3.63) is 29.8 Å². The molecule has 2 rings (SSSR count). The van der Waals surface area contributed by atoms with Crippen molar-refractivity contribution in [3.63, 3.8) is 0 Å². The van der Waals surface area contributed by atoms with Crippen LogP contribution in [0.3, 0.4) is 0 Å². The van der Waals surface area contributed by atoms with E-state index in [-0.39, 0.29) is 4.90 Å². The van der Waals surface area contributed by atoms with Crippen LogP contribution in [0.15, 0.2) is 29.2 Å². The molecule has 0 amide bonds. The molecule has 104 valence electrons. The molecule has 1 aromatic carbocycles. The zero-order valence-electron chi connectivity index (χ0n) is 10.9. The smallest absolute Gasteiger partial charge is 0.242 e. The van der Waals surface area contributed by atoms with Gasteiger partial charge in [0.1, 0.15) is 6.54 Å². The van der Waals surface area contributed by atoms with Crippen molar-refractivity contribution in [2.75, 3.05) is 6.54 Å². The van der Waals surface area contributed by atoms with E-state index in [0.717, 1.165) is 18.5 Å². The van der Waals surface area contributed by atoms with E-state index in [0.29, 0.717) is 6.54 Å². The van der Waals surface area contributed by atoms with Gasteiger partial charge in [-0.2, -0.15) is 0 Å². The van der Waals surface area contributed by atoms with Crippen molar-refractivity contribution in [2.45, 2.75) is 37.1 Å². The number of sulfonamides is 1. The van der Waals surface area contributed by atoms with Gasteiger partial charge in [0, 0.05) is 6.42 Å². The van der Waals surface area contributed by atoms with Crippen LogP contribution in [0.2, 0.25) is 0 Å². The van der Waals surface area contributed by atoms with Crippen molar-refractivity contribution in [1.29, 1.82) is 0 Å². The number of hydrogen-bond donors (Lipinski definition) is 3. The Kier molecular flexibility index (Phi) is 4.55. The summed E-state index contributed by atoms with van der Waals surface area (Å²) in [5.74, 6) is 1.17. The molecule has 0 unspecified atom stereocenters. The molecule has 4 N–H and O–H groups in total. The van der Waals surface area contributed by atoms with Gasteiger partial charge in [-0.15, -0.1) is 0 Å². The van der Waals surface area contributed by atoms with Crippen LogP contribution in [-0.2, 0) is 16.6 Å². The predicted molar refractivity (Wildman–Crippen MR) is 74.0 cm³/mol. The summed E-state index contributed by atoms with van der Waals surface area (Å²) < 4.78 is 22.3. The fourth-order valence-electron chi connectivity index (χ4n) is 2.09. The number of rotatable bonds is 3. The minimum atomic E-state index is -3.60. The fraction of sp³-hybridized carbons (Fsp3) is 0.462. The highest BCUT2D eigenvalue weighted by Gasteiger charge is 2.10. The highest BCUT2D eigenvalue weighted by molar-refractivity contribution is 7.89. The average molecular weight is 282 g/mol. The summed E-state index contributed by atoms with van der Waals surface area (Å²) in [7, 11) is -3.60. The monoisotopic (exact) mass is 282 g/mol. The van der Waals surface area contributed by atoms with E-state index < -0.39 is 10.0 Å². The lowest BCUT2D eigenvalue weighted by molar-refractivity contribution is -0.459. The normalized spacial score (nSPS) is 16.6. The van der Waals surface area contributed by atoms with Crippen LogP contribution < -0.4 is 15.4 Å². The summed E-state index contributed by atoms with van der Waals surface area (Å²) >= 11 is 0. The van der Waals surface area contributed by atoms with Crippen molar-refractivity contribution in [2.24, 2.45) is 5.14 Å². The minimum absolute atomic E-state index is 0.150. The third-order valence-corrected chi connectivity index (χ3v) is 4.13. The van der Waals surface area contributed by atoms with E-state index in [9.17, 15) is 8.42 Å². The van der Waals surface area contributed by atoms with E-state index in [1.807, 2.05) is 0 Å². The quantitative estimate of drug-likeness (QED) is 0.697. The standard InChI is InChI=1S/C13H19N3O2S/c14-19(17,18)12-7-5-11(6-8-12)10-16-13-4-2-1-3-9-15-13/h5-8H,1-4,9-10H2,(H,15,16)(H2,14,17,18)/p+1. The minimum Gasteiger partial charge on any atom is -0.279 e. The van der Waals surface area contributed by atoms with Crippen LogP contribution in [0.1, 0.15) is 31.2 Å². The molecule has 5 nitrogen and oxygen atoms in total. The largest absolute Gasteiger partial charge is 0.279 e. The molecule has 1 aliphatic heterocycles. The molecule has 19 heavy (non-hydrogen) atoms. The highest BCUT2D eigenvalue weighted by Crippen LogP contribution is 2.08. The van der Waals surface area contributed by atoms with Gasteiger partial charge in [0.05, 0.1) is 11.4 Å².